The molecule has 12 heteroatoms. The molecule has 3 saturated carbocycles. The van der Waals surface area contributed by atoms with Gasteiger partial charge < -0.3 is 29.0 Å². The molecule has 0 saturated heterocycles. The summed E-state index contributed by atoms with van der Waals surface area (Å²) in [5.74, 6) is -2.40. The summed E-state index contributed by atoms with van der Waals surface area (Å²) in [6.45, 7) is 2.18. The molecule has 3 aliphatic carbocycles. The molecule has 1 amide bonds. The van der Waals surface area contributed by atoms with Crippen LogP contribution >= 0.6 is 0 Å². The van der Waals surface area contributed by atoms with Gasteiger partial charge in [0.2, 0.25) is 0 Å². The molecule has 1 N–H and O–H groups in total. The van der Waals surface area contributed by atoms with E-state index in [-0.39, 0.29) is 58.0 Å². The topological polar surface area (TPSA) is 161 Å². The van der Waals surface area contributed by atoms with Crippen LogP contribution in [0, 0.1) is 11.8 Å². The van der Waals surface area contributed by atoms with Crippen LogP contribution in [0.2, 0.25) is 0 Å². The predicted molar refractivity (Wildman–Crippen MR) is 225 cm³/mol. The highest BCUT2D eigenvalue weighted by Gasteiger charge is 2.27. The molecule has 0 radical (unpaired) electrons. The van der Waals surface area contributed by atoms with Gasteiger partial charge in [-0.2, -0.15) is 0 Å². The summed E-state index contributed by atoms with van der Waals surface area (Å²) >= 11 is 0. The smallest absolute Gasteiger partial charge is 0.345 e. The Labute approximate surface area is 355 Å². The van der Waals surface area contributed by atoms with Gasteiger partial charge in [-0.25, -0.2) is 19.2 Å². The number of hydrogen-bond donors (Lipinski definition) is 1. The fraction of sp³-hybridized carbons (Fsp3) is 0.388. The van der Waals surface area contributed by atoms with Crippen LogP contribution < -0.4 is 19.5 Å². The van der Waals surface area contributed by atoms with Crippen LogP contribution in [0.1, 0.15) is 149 Å². The van der Waals surface area contributed by atoms with Crippen LogP contribution in [0.25, 0.3) is 0 Å². The van der Waals surface area contributed by atoms with Gasteiger partial charge in [0.1, 0.15) is 29.5 Å². The van der Waals surface area contributed by atoms with E-state index in [1.807, 2.05) is 0 Å². The van der Waals surface area contributed by atoms with Crippen LogP contribution in [-0.2, 0) is 14.3 Å². The van der Waals surface area contributed by atoms with Crippen LogP contribution in [0.15, 0.2) is 91.0 Å². The third-order valence-corrected chi connectivity index (χ3v) is 11.7. The molecule has 0 unspecified atom stereocenters. The van der Waals surface area contributed by atoms with E-state index < -0.39 is 29.8 Å². The summed E-state index contributed by atoms with van der Waals surface area (Å²) in [5, 5.41) is 2.72. The minimum atomic E-state index is -0.845. The number of amides is 1. The maximum Gasteiger partial charge on any atom is 0.345 e. The molecule has 0 spiro atoms. The lowest BCUT2D eigenvalue weighted by Gasteiger charge is -2.24. The summed E-state index contributed by atoms with van der Waals surface area (Å²) in [4.78, 5) is 78.9. The zero-order valence-corrected chi connectivity index (χ0v) is 34.4. The Morgan fingerprint density at radius 3 is 1.41 bits per heavy atom. The van der Waals surface area contributed by atoms with Gasteiger partial charge in [-0.05, 0) is 174 Å². The van der Waals surface area contributed by atoms with E-state index in [2.05, 4.69) is 12.2 Å². The third-order valence-electron chi connectivity index (χ3n) is 11.7. The normalized spacial score (nSPS) is 18.2. The van der Waals surface area contributed by atoms with E-state index >= 15 is 0 Å². The quantitative estimate of drug-likeness (QED) is 0.107. The molecule has 0 heterocycles. The lowest BCUT2D eigenvalue weighted by Crippen LogP contribution is -2.25. The molecule has 0 atom stereocenters. The van der Waals surface area contributed by atoms with Crippen LogP contribution in [-0.4, -0.2) is 48.0 Å². The average molecular weight is 830 g/mol. The van der Waals surface area contributed by atoms with Crippen molar-refractivity contribution >= 4 is 41.4 Å². The first-order valence-corrected chi connectivity index (χ1v) is 21.4. The Hall–Kier alpha value is -6.30. The number of rotatable bonds is 12. The number of nitrogens with one attached hydrogen (secondary N) is 1. The monoisotopic (exact) mass is 829 g/mol. The lowest BCUT2D eigenvalue weighted by atomic mass is 9.83. The van der Waals surface area contributed by atoms with Gasteiger partial charge in [0.15, 0.2) is 0 Å². The molecule has 12 nitrogen and oxygen atoms in total. The molecular formula is C49H51NO11. The Morgan fingerprint density at radius 2 is 0.902 bits per heavy atom. The number of benzene rings is 4. The number of hydrogen-bond acceptors (Lipinski definition) is 11. The summed E-state index contributed by atoms with van der Waals surface area (Å²) in [6.07, 6.45) is 13.0. The van der Waals surface area contributed by atoms with Gasteiger partial charge in [0, 0.05) is 5.56 Å². The molecule has 61 heavy (non-hydrogen) atoms. The Kier molecular flexibility index (Phi) is 14.3. The summed E-state index contributed by atoms with van der Waals surface area (Å²) < 4.78 is 28.2. The second-order valence-corrected chi connectivity index (χ2v) is 16.3. The fourth-order valence-electron chi connectivity index (χ4n) is 7.97. The fourth-order valence-corrected chi connectivity index (χ4v) is 7.97. The van der Waals surface area contributed by atoms with Gasteiger partial charge in [0.25, 0.3) is 5.91 Å². The molecule has 4 aromatic rings. The molecule has 7 rings (SSSR count). The SMILES string of the molecule is CC1CCC(C(=O)Oc2ccc(C(=O)Nc3cc(C(=O)Oc4ccc(C(=O)OC5CCCCC5)cc4)ccc3C(=O)Oc3ccc(C(=O)OC4CCCCC4)cc3)cc2)CC1. The first-order chi connectivity index (χ1) is 29.6. The van der Waals surface area contributed by atoms with Crippen LogP contribution in [0.5, 0.6) is 17.2 Å². The van der Waals surface area contributed by atoms with E-state index in [0.717, 1.165) is 89.9 Å². The highest BCUT2D eigenvalue weighted by atomic mass is 16.6. The predicted octanol–water partition coefficient (Wildman–Crippen LogP) is 10.1. The molecule has 3 fully saturated rings. The van der Waals surface area contributed by atoms with Gasteiger partial charge in [0.05, 0.1) is 33.9 Å². The summed E-state index contributed by atoms with van der Waals surface area (Å²) in [6, 6.07) is 22.0. The average Bonchev–Trinajstić information content (AvgIpc) is 3.28. The standard InChI is InChI=1S/C49H51NO11/c1-31-12-14-33(15-13-31)45(52)59-39-23-16-32(17-24-39)44(51)50-43-30-36(48(55)60-40-25-18-34(19-26-40)46(53)57-37-8-4-2-5-9-37)22-29-42(43)49(56)61-41-27-20-35(21-28-41)47(54)58-38-10-6-3-7-11-38/h16-31,33,37-38H,2-15H2,1H3,(H,50,51). The van der Waals surface area contributed by atoms with Gasteiger partial charge in [-0.3, -0.25) is 9.59 Å². The number of esters is 5. The van der Waals surface area contributed by atoms with Crippen molar-refractivity contribution in [1.29, 1.82) is 0 Å². The van der Waals surface area contributed by atoms with E-state index in [0.29, 0.717) is 22.8 Å². The van der Waals surface area contributed by atoms with Gasteiger partial charge in [-0.15, -0.1) is 0 Å². The van der Waals surface area contributed by atoms with E-state index in [4.69, 9.17) is 23.7 Å². The molecular weight excluding hydrogens is 779 g/mol. The molecule has 0 aliphatic heterocycles. The van der Waals surface area contributed by atoms with Gasteiger partial charge >= 0.3 is 29.8 Å². The van der Waals surface area contributed by atoms with Crippen LogP contribution in [0.4, 0.5) is 5.69 Å². The van der Waals surface area contributed by atoms with Gasteiger partial charge in [-0.1, -0.05) is 19.8 Å². The Morgan fingerprint density at radius 1 is 0.459 bits per heavy atom. The minimum absolute atomic E-state index is 0.00725. The first-order valence-electron chi connectivity index (χ1n) is 21.4. The summed E-state index contributed by atoms with van der Waals surface area (Å²) in [5.41, 5.74) is 0.736. The van der Waals surface area contributed by atoms with E-state index in [1.165, 1.54) is 91.0 Å². The second-order valence-electron chi connectivity index (χ2n) is 16.3. The van der Waals surface area contributed by atoms with Crippen molar-refractivity contribution in [2.75, 3.05) is 5.32 Å². The number of anilines is 1. The van der Waals surface area contributed by atoms with Crippen molar-refractivity contribution in [2.24, 2.45) is 11.8 Å². The van der Waals surface area contributed by atoms with E-state index in [1.54, 1.807) is 0 Å². The number of carbonyl (C=O) groups excluding carboxylic acids is 6. The van der Waals surface area contributed by atoms with Crippen molar-refractivity contribution in [1.82, 2.24) is 0 Å². The van der Waals surface area contributed by atoms with Crippen molar-refractivity contribution in [2.45, 2.75) is 109 Å². The van der Waals surface area contributed by atoms with Crippen molar-refractivity contribution < 1.29 is 52.5 Å². The van der Waals surface area contributed by atoms with Crippen molar-refractivity contribution in [3.05, 3.63) is 119 Å². The minimum Gasteiger partial charge on any atom is -0.459 e. The van der Waals surface area contributed by atoms with E-state index in [9.17, 15) is 28.8 Å². The van der Waals surface area contributed by atoms with Crippen molar-refractivity contribution in [3.8, 4) is 17.2 Å². The molecule has 318 valence electrons. The maximum atomic E-state index is 13.6. The molecule has 3 aliphatic rings. The highest BCUT2D eigenvalue weighted by Crippen LogP contribution is 2.30. The van der Waals surface area contributed by atoms with Crippen molar-refractivity contribution in [3.63, 3.8) is 0 Å². The third kappa shape index (κ3) is 11.7. The largest absolute Gasteiger partial charge is 0.459 e. The zero-order valence-electron chi connectivity index (χ0n) is 34.4. The Bertz CT molecular complexity index is 2190. The number of ether oxygens (including phenoxy) is 5. The summed E-state index contributed by atoms with van der Waals surface area (Å²) in [7, 11) is 0. The first kappa shape index (κ1) is 42.8. The number of carbonyl (C=O) groups is 6. The van der Waals surface area contributed by atoms with Crippen LogP contribution in [0.3, 0.4) is 0 Å². The highest BCUT2D eigenvalue weighted by molar-refractivity contribution is 6.09. The molecule has 4 aromatic carbocycles. The maximum absolute atomic E-state index is 13.6. The Balaban J connectivity index is 1.04. The molecule has 0 bridgehead atoms. The zero-order chi connectivity index (χ0) is 42.7. The molecule has 0 aromatic heterocycles. The lowest BCUT2D eigenvalue weighted by molar-refractivity contribution is -0.140. The second kappa shape index (κ2) is 20.3.